The van der Waals surface area contributed by atoms with Gasteiger partial charge in [-0.2, -0.15) is 0 Å². The van der Waals surface area contributed by atoms with E-state index in [0.717, 1.165) is 21.2 Å². The summed E-state index contributed by atoms with van der Waals surface area (Å²) in [5.74, 6) is -0.389. The number of nitrogens with one attached hydrogen (secondary N) is 1. The van der Waals surface area contributed by atoms with E-state index in [1.54, 1.807) is 41.7 Å². The number of rotatable bonds is 6. The largest absolute Gasteiger partial charge is 0.484 e. The lowest BCUT2D eigenvalue weighted by Crippen LogP contribution is -2.20. The van der Waals surface area contributed by atoms with E-state index in [-0.39, 0.29) is 12.5 Å². The second-order valence-electron chi connectivity index (χ2n) is 5.68. The monoisotopic (exact) mass is 370 g/mol. The highest BCUT2D eigenvalue weighted by molar-refractivity contribution is 7.17. The minimum absolute atomic E-state index is 0.214. The highest BCUT2D eigenvalue weighted by Crippen LogP contribution is 2.22. The van der Waals surface area contributed by atoms with Crippen molar-refractivity contribution in [2.45, 2.75) is 13.8 Å². The molecule has 0 radical (unpaired) electrons. The van der Waals surface area contributed by atoms with E-state index >= 15 is 0 Å². The number of amides is 2. The first-order valence-electron chi connectivity index (χ1n) is 7.87. The molecule has 0 saturated heterocycles. The second kappa shape index (κ2) is 7.40. The summed E-state index contributed by atoms with van der Waals surface area (Å²) in [4.78, 5) is 29.5. The fraction of sp³-hybridized carbons (Fsp3) is 0.167. The predicted molar refractivity (Wildman–Crippen MR) is 101 cm³/mol. The van der Waals surface area contributed by atoms with Crippen molar-refractivity contribution in [1.82, 2.24) is 9.38 Å². The molecule has 1 aromatic carbocycles. The first-order valence-corrected chi connectivity index (χ1v) is 8.69. The van der Waals surface area contributed by atoms with Gasteiger partial charge in [-0.3, -0.25) is 14.0 Å². The van der Waals surface area contributed by atoms with Crippen LogP contribution >= 0.6 is 11.3 Å². The second-order valence-corrected chi connectivity index (χ2v) is 6.90. The maximum Gasteiger partial charge on any atom is 0.255 e. The number of aromatic nitrogens is 2. The SMILES string of the molecule is Cc1cn2c(/C=C/C(=O)Nc3cccc(OCC(N)=O)c3)c(C)nc2s1. The van der Waals surface area contributed by atoms with E-state index in [1.807, 2.05) is 24.4 Å². The molecule has 26 heavy (non-hydrogen) atoms. The van der Waals surface area contributed by atoms with E-state index in [0.29, 0.717) is 11.4 Å². The molecular formula is C18H18N4O3S. The molecule has 2 aromatic heterocycles. The molecule has 0 bridgehead atoms. The molecule has 2 amide bonds. The van der Waals surface area contributed by atoms with Crippen LogP contribution in [0.3, 0.4) is 0 Å². The summed E-state index contributed by atoms with van der Waals surface area (Å²) in [6, 6.07) is 6.75. The highest BCUT2D eigenvalue weighted by Gasteiger charge is 2.09. The molecule has 2 heterocycles. The van der Waals surface area contributed by atoms with Crippen molar-refractivity contribution in [3.05, 3.63) is 52.8 Å². The van der Waals surface area contributed by atoms with Crippen molar-refractivity contribution in [3.8, 4) is 5.75 Å². The van der Waals surface area contributed by atoms with Crippen molar-refractivity contribution in [2.24, 2.45) is 5.73 Å². The summed E-state index contributed by atoms with van der Waals surface area (Å²) in [6.45, 7) is 3.71. The number of carbonyl (C=O) groups excluding carboxylic acids is 2. The van der Waals surface area contributed by atoms with Gasteiger partial charge in [0.05, 0.1) is 11.4 Å². The topological polar surface area (TPSA) is 98.7 Å². The molecule has 0 saturated carbocycles. The molecule has 3 rings (SSSR count). The number of primary amides is 1. The van der Waals surface area contributed by atoms with Gasteiger partial charge in [0.1, 0.15) is 5.75 Å². The van der Waals surface area contributed by atoms with Gasteiger partial charge in [0.25, 0.3) is 5.91 Å². The van der Waals surface area contributed by atoms with Crippen molar-refractivity contribution < 1.29 is 14.3 Å². The maximum atomic E-state index is 12.2. The Hall–Kier alpha value is -3.13. The first-order chi connectivity index (χ1) is 12.4. The van der Waals surface area contributed by atoms with Crippen LogP contribution in [0.4, 0.5) is 5.69 Å². The van der Waals surface area contributed by atoms with Gasteiger partial charge in [0, 0.05) is 28.9 Å². The lowest BCUT2D eigenvalue weighted by Gasteiger charge is -2.06. The number of nitrogens with two attached hydrogens (primary N) is 1. The van der Waals surface area contributed by atoms with Crippen LogP contribution in [0.25, 0.3) is 11.0 Å². The van der Waals surface area contributed by atoms with E-state index in [4.69, 9.17) is 10.5 Å². The molecule has 8 heteroatoms. The van der Waals surface area contributed by atoms with Crippen LogP contribution in [0.5, 0.6) is 5.75 Å². The fourth-order valence-corrected chi connectivity index (χ4v) is 3.32. The summed E-state index contributed by atoms with van der Waals surface area (Å²) in [5.41, 5.74) is 7.34. The Bertz CT molecular complexity index is 1000. The molecule has 7 nitrogen and oxygen atoms in total. The maximum absolute atomic E-state index is 12.2. The van der Waals surface area contributed by atoms with Crippen LogP contribution in [0.2, 0.25) is 0 Å². The number of hydrogen-bond donors (Lipinski definition) is 2. The predicted octanol–water partition coefficient (Wildman–Crippen LogP) is 2.53. The Morgan fingerprint density at radius 3 is 2.96 bits per heavy atom. The zero-order valence-corrected chi connectivity index (χ0v) is 15.2. The number of imidazole rings is 1. The van der Waals surface area contributed by atoms with Gasteiger partial charge < -0.3 is 15.8 Å². The molecule has 0 aliphatic rings. The van der Waals surface area contributed by atoms with Gasteiger partial charge in [-0.15, -0.1) is 11.3 Å². The first kappa shape index (κ1) is 17.7. The van der Waals surface area contributed by atoms with Crippen LogP contribution in [-0.2, 0) is 9.59 Å². The number of fused-ring (bicyclic) bond motifs is 1. The van der Waals surface area contributed by atoms with Crippen molar-refractivity contribution in [3.63, 3.8) is 0 Å². The third kappa shape index (κ3) is 4.09. The van der Waals surface area contributed by atoms with E-state index in [9.17, 15) is 9.59 Å². The Labute approximate surface area is 154 Å². The van der Waals surface area contributed by atoms with E-state index in [2.05, 4.69) is 10.3 Å². The average molecular weight is 370 g/mol. The smallest absolute Gasteiger partial charge is 0.255 e. The standard InChI is InChI=1S/C18H18N4O3S/c1-11-9-22-15(12(2)20-18(22)26-11)6-7-17(24)21-13-4-3-5-14(8-13)25-10-16(19)23/h3-9H,10H2,1-2H3,(H2,19,23)(H,21,24)/b7-6+. The number of anilines is 1. The summed E-state index contributed by atoms with van der Waals surface area (Å²) < 4.78 is 7.19. The average Bonchev–Trinajstić information content (AvgIpc) is 3.06. The summed E-state index contributed by atoms with van der Waals surface area (Å²) in [7, 11) is 0. The van der Waals surface area contributed by atoms with Crippen LogP contribution in [0, 0.1) is 13.8 Å². The number of aryl methyl sites for hydroxylation is 2. The summed E-state index contributed by atoms with van der Waals surface area (Å²) in [5, 5.41) is 2.76. The molecule has 0 aliphatic heterocycles. The van der Waals surface area contributed by atoms with Crippen LogP contribution in [-0.4, -0.2) is 27.8 Å². The number of benzene rings is 1. The quantitative estimate of drug-likeness (QED) is 0.651. The number of ether oxygens (including phenoxy) is 1. The number of hydrogen-bond acceptors (Lipinski definition) is 5. The van der Waals surface area contributed by atoms with Crippen LogP contribution < -0.4 is 15.8 Å². The Morgan fingerprint density at radius 1 is 1.38 bits per heavy atom. The van der Waals surface area contributed by atoms with Gasteiger partial charge in [-0.1, -0.05) is 6.07 Å². The molecule has 0 aliphatic carbocycles. The van der Waals surface area contributed by atoms with Crippen LogP contribution in [0.1, 0.15) is 16.3 Å². The number of thiazole rings is 1. The minimum atomic E-state index is -0.562. The molecule has 3 aromatic rings. The lowest BCUT2D eigenvalue weighted by atomic mass is 10.3. The van der Waals surface area contributed by atoms with Crippen LogP contribution in [0.15, 0.2) is 36.5 Å². The van der Waals surface area contributed by atoms with E-state index < -0.39 is 5.91 Å². The molecule has 0 unspecified atom stereocenters. The van der Waals surface area contributed by atoms with E-state index in [1.165, 1.54) is 6.08 Å². The number of nitrogens with zero attached hydrogens (tertiary/aromatic N) is 2. The molecule has 0 fully saturated rings. The van der Waals surface area contributed by atoms with Gasteiger partial charge in [0.15, 0.2) is 11.6 Å². The fourth-order valence-electron chi connectivity index (χ4n) is 2.44. The molecule has 0 atom stereocenters. The lowest BCUT2D eigenvalue weighted by molar-refractivity contribution is -0.120. The van der Waals surface area contributed by atoms with Gasteiger partial charge in [0.2, 0.25) is 5.91 Å². The Kier molecular flexibility index (Phi) is 5.04. The zero-order valence-electron chi connectivity index (χ0n) is 14.4. The minimum Gasteiger partial charge on any atom is -0.484 e. The molecule has 3 N–H and O–H groups in total. The zero-order chi connectivity index (χ0) is 18.7. The number of carbonyl (C=O) groups is 2. The molecular weight excluding hydrogens is 352 g/mol. The third-order valence-corrected chi connectivity index (χ3v) is 4.44. The highest BCUT2D eigenvalue weighted by atomic mass is 32.1. The van der Waals surface area contributed by atoms with Gasteiger partial charge >= 0.3 is 0 Å². The normalized spacial score (nSPS) is 11.2. The van der Waals surface area contributed by atoms with Crippen molar-refractivity contribution >= 4 is 39.9 Å². The Balaban J connectivity index is 1.70. The summed E-state index contributed by atoms with van der Waals surface area (Å²) >= 11 is 1.60. The van der Waals surface area contributed by atoms with Gasteiger partial charge in [-0.05, 0) is 32.1 Å². The third-order valence-electron chi connectivity index (χ3n) is 3.54. The van der Waals surface area contributed by atoms with Crippen molar-refractivity contribution in [2.75, 3.05) is 11.9 Å². The van der Waals surface area contributed by atoms with Crippen molar-refractivity contribution in [1.29, 1.82) is 0 Å². The molecule has 134 valence electrons. The summed E-state index contributed by atoms with van der Waals surface area (Å²) in [6.07, 6.45) is 5.20. The molecule has 0 spiro atoms. The Morgan fingerprint density at radius 2 is 2.19 bits per heavy atom. The van der Waals surface area contributed by atoms with Gasteiger partial charge in [-0.25, -0.2) is 4.98 Å².